The minimum absolute atomic E-state index is 0.0692. The third-order valence-electron chi connectivity index (χ3n) is 6.67. The summed E-state index contributed by atoms with van der Waals surface area (Å²) in [7, 11) is 0. The summed E-state index contributed by atoms with van der Waals surface area (Å²) in [6.45, 7) is 1.03. The zero-order valence-electron chi connectivity index (χ0n) is 20.9. The molecule has 0 aromatic heterocycles. The maximum Gasteiger partial charge on any atom is 0.264 e. The van der Waals surface area contributed by atoms with E-state index in [2.05, 4.69) is 16.0 Å². The van der Waals surface area contributed by atoms with Crippen LogP contribution in [0, 0.1) is 0 Å². The van der Waals surface area contributed by atoms with E-state index >= 15 is 0 Å². The van der Waals surface area contributed by atoms with Crippen molar-refractivity contribution in [3.8, 4) is 5.75 Å². The number of anilines is 1. The lowest BCUT2D eigenvalue weighted by molar-refractivity contribution is -0.136. The third-order valence-corrected chi connectivity index (χ3v) is 6.67. The molecule has 2 aliphatic rings. The van der Waals surface area contributed by atoms with E-state index in [0.29, 0.717) is 25.2 Å². The van der Waals surface area contributed by atoms with Gasteiger partial charge in [-0.3, -0.25) is 34.2 Å². The minimum atomic E-state index is -1.00. The number of phenolic OH excluding ortho intramolecular Hbond substituents is 1. The van der Waals surface area contributed by atoms with Crippen molar-refractivity contribution in [2.45, 2.75) is 50.6 Å². The summed E-state index contributed by atoms with van der Waals surface area (Å²) >= 11 is 0. The predicted molar refractivity (Wildman–Crippen MR) is 138 cm³/mol. The van der Waals surface area contributed by atoms with E-state index in [1.165, 1.54) is 0 Å². The van der Waals surface area contributed by atoms with Gasteiger partial charge in [-0.2, -0.15) is 0 Å². The van der Waals surface area contributed by atoms with Crippen molar-refractivity contribution in [2.24, 2.45) is 5.73 Å². The summed E-state index contributed by atoms with van der Waals surface area (Å²) < 4.78 is 0. The van der Waals surface area contributed by atoms with Crippen molar-refractivity contribution in [1.29, 1.82) is 0 Å². The van der Waals surface area contributed by atoms with Gasteiger partial charge in [-0.05, 0) is 61.9 Å². The lowest BCUT2D eigenvalue weighted by atomic mass is 10.0. The normalized spacial score (nSPS) is 17.7. The number of carbonyl (C=O) groups is 5. The Hall–Kier alpha value is -4.25. The number of rotatable bonds is 11. The SMILES string of the molecule is N[C@@H](Cc1ccc(O)cc1)C(=O)NCCCCCNc1cccc2c1C(=O)N(C1CCC(=O)NC1=O)C2=O. The lowest BCUT2D eigenvalue weighted by Crippen LogP contribution is -2.54. The highest BCUT2D eigenvalue weighted by Gasteiger charge is 2.45. The second-order valence-electron chi connectivity index (χ2n) is 9.43. The molecule has 4 rings (SSSR count). The molecule has 1 unspecified atom stereocenters. The Bertz CT molecular complexity index is 1250. The molecule has 5 amide bonds. The number of hydrogen-bond donors (Lipinski definition) is 5. The van der Waals surface area contributed by atoms with E-state index in [0.717, 1.165) is 29.7 Å². The van der Waals surface area contributed by atoms with Gasteiger partial charge in [0, 0.05) is 25.2 Å². The number of fused-ring (bicyclic) bond motifs is 1. The van der Waals surface area contributed by atoms with Gasteiger partial charge in [-0.15, -0.1) is 0 Å². The Kier molecular flexibility index (Phi) is 8.37. The molecule has 11 nitrogen and oxygen atoms in total. The van der Waals surface area contributed by atoms with Crippen molar-refractivity contribution in [2.75, 3.05) is 18.4 Å². The fraction of sp³-hybridized carbons (Fsp3) is 0.370. The minimum Gasteiger partial charge on any atom is -0.508 e. The molecule has 1 fully saturated rings. The Labute approximate surface area is 219 Å². The topological polar surface area (TPSA) is 171 Å². The molecule has 2 aromatic rings. The quantitative estimate of drug-likeness (QED) is 0.216. The summed E-state index contributed by atoms with van der Waals surface area (Å²) in [5.41, 5.74) is 7.82. The molecule has 200 valence electrons. The van der Waals surface area contributed by atoms with E-state index < -0.39 is 35.7 Å². The van der Waals surface area contributed by atoms with Gasteiger partial charge >= 0.3 is 0 Å². The molecule has 2 aromatic carbocycles. The number of nitrogens with two attached hydrogens (primary N) is 1. The van der Waals surface area contributed by atoms with Crippen LogP contribution in [0.5, 0.6) is 5.75 Å². The van der Waals surface area contributed by atoms with Crippen molar-refractivity contribution in [3.63, 3.8) is 0 Å². The molecule has 6 N–H and O–H groups in total. The van der Waals surface area contributed by atoms with Crippen molar-refractivity contribution in [3.05, 3.63) is 59.2 Å². The van der Waals surface area contributed by atoms with E-state index in [9.17, 15) is 29.1 Å². The number of nitrogens with one attached hydrogen (secondary N) is 3. The Morgan fingerprint density at radius 2 is 1.76 bits per heavy atom. The number of unbranched alkanes of at least 4 members (excludes halogenated alkanes) is 2. The number of aromatic hydroxyl groups is 1. The monoisotopic (exact) mass is 521 g/mol. The van der Waals surface area contributed by atoms with Crippen LogP contribution >= 0.6 is 0 Å². The van der Waals surface area contributed by atoms with Crippen LogP contribution in [0.2, 0.25) is 0 Å². The molecular weight excluding hydrogens is 490 g/mol. The molecule has 11 heteroatoms. The fourth-order valence-corrected chi connectivity index (χ4v) is 4.63. The summed E-state index contributed by atoms with van der Waals surface area (Å²) in [6, 6.07) is 9.84. The van der Waals surface area contributed by atoms with E-state index in [1.54, 1.807) is 42.5 Å². The molecule has 0 saturated carbocycles. The van der Waals surface area contributed by atoms with E-state index in [4.69, 9.17) is 5.73 Å². The number of phenols is 1. The molecule has 0 bridgehead atoms. The maximum absolute atomic E-state index is 13.1. The Balaban J connectivity index is 1.21. The molecule has 2 aliphatic heterocycles. The maximum atomic E-state index is 13.1. The van der Waals surface area contributed by atoms with Gasteiger partial charge in [0.2, 0.25) is 17.7 Å². The molecule has 2 heterocycles. The highest BCUT2D eigenvalue weighted by Crippen LogP contribution is 2.32. The Morgan fingerprint density at radius 1 is 1.03 bits per heavy atom. The summed E-state index contributed by atoms with van der Waals surface area (Å²) in [5.74, 6) is -2.22. The zero-order chi connectivity index (χ0) is 27.2. The zero-order valence-corrected chi connectivity index (χ0v) is 20.9. The number of carbonyl (C=O) groups excluding carboxylic acids is 5. The van der Waals surface area contributed by atoms with Crippen LogP contribution in [0.15, 0.2) is 42.5 Å². The number of hydrogen-bond acceptors (Lipinski definition) is 8. The smallest absolute Gasteiger partial charge is 0.264 e. The summed E-state index contributed by atoms with van der Waals surface area (Å²) in [6.07, 6.45) is 2.87. The largest absolute Gasteiger partial charge is 0.508 e. The molecule has 0 aliphatic carbocycles. The van der Waals surface area contributed by atoms with Crippen LogP contribution in [0.1, 0.15) is 58.4 Å². The van der Waals surface area contributed by atoms with Gasteiger partial charge in [0.05, 0.1) is 17.2 Å². The van der Waals surface area contributed by atoms with Crippen molar-refractivity contribution < 1.29 is 29.1 Å². The van der Waals surface area contributed by atoms with E-state index in [-0.39, 0.29) is 35.6 Å². The predicted octanol–water partition coefficient (Wildman–Crippen LogP) is 1.06. The van der Waals surface area contributed by atoms with Crippen molar-refractivity contribution in [1.82, 2.24) is 15.5 Å². The Morgan fingerprint density at radius 3 is 2.50 bits per heavy atom. The van der Waals surface area contributed by atoms with E-state index in [1.807, 2.05) is 0 Å². The van der Waals surface area contributed by atoms with Crippen LogP contribution < -0.4 is 21.7 Å². The summed E-state index contributed by atoms with van der Waals surface area (Å²) in [5, 5.41) is 17.6. The second kappa shape index (κ2) is 11.9. The van der Waals surface area contributed by atoms with Gasteiger partial charge in [-0.25, -0.2) is 0 Å². The van der Waals surface area contributed by atoms with Gasteiger partial charge < -0.3 is 21.5 Å². The first kappa shape index (κ1) is 26.8. The third kappa shape index (κ3) is 6.00. The number of amides is 5. The lowest BCUT2D eigenvalue weighted by Gasteiger charge is -2.27. The number of piperidine rings is 1. The molecular formula is C27H31N5O6. The number of imide groups is 2. The highest BCUT2D eigenvalue weighted by molar-refractivity contribution is 6.25. The average Bonchev–Trinajstić information content (AvgIpc) is 3.15. The van der Waals surface area contributed by atoms with Gasteiger partial charge in [0.25, 0.3) is 11.8 Å². The fourth-order valence-electron chi connectivity index (χ4n) is 4.63. The van der Waals surface area contributed by atoms with Crippen LogP contribution in [0.4, 0.5) is 5.69 Å². The highest BCUT2D eigenvalue weighted by atomic mass is 16.3. The number of benzene rings is 2. The van der Waals surface area contributed by atoms with Gasteiger partial charge in [-0.1, -0.05) is 18.2 Å². The molecule has 2 atom stereocenters. The van der Waals surface area contributed by atoms with Gasteiger partial charge in [0.15, 0.2) is 0 Å². The van der Waals surface area contributed by atoms with Crippen molar-refractivity contribution >= 4 is 35.2 Å². The first-order valence-corrected chi connectivity index (χ1v) is 12.7. The van der Waals surface area contributed by atoms with Crippen LogP contribution in [-0.2, 0) is 20.8 Å². The van der Waals surface area contributed by atoms with Crippen LogP contribution in [0.3, 0.4) is 0 Å². The standard InChI is InChI=1S/C27H31N5O6/c28-19(15-16-7-9-17(33)10-8-16)24(35)30-14-3-1-2-13-29-20-6-4-5-18-23(20)27(38)32(26(18)37)21-11-12-22(34)31-25(21)36/h4-10,19,21,29,33H,1-3,11-15,28H2,(H,30,35)(H,31,34,36)/t19-,21?/m0/s1. The molecule has 38 heavy (non-hydrogen) atoms. The first-order valence-electron chi connectivity index (χ1n) is 12.7. The first-order chi connectivity index (χ1) is 18.3. The molecule has 1 saturated heterocycles. The van der Waals surface area contributed by atoms with Crippen LogP contribution in [-0.4, -0.2) is 64.7 Å². The van der Waals surface area contributed by atoms with Crippen LogP contribution in [0.25, 0.3) is 0 Å². The second-order valence-corrected chi connectivity index (χ2v) is 9.43. The van der Waals surface area contributed by atoms with Gasteiger partial charge in [0.1, 0.15) is 11.8 Å². The molecule has 0 spiro atoms. The number of nitrogens with zero attached hydrogens (tertiary/aromatic N) is 1. The molecule has 0 radical (unpaired) electrons. The average molecular weight is 522 g/mol. The summed E-state index contributed by atoms with van der Waals surface area (Å²) in [4.78, 5) is 62.9.